The Kier molecular flexibility index (Phi) is 6.41. The first-order valence-electron chi connectivity index (χ1n) is 10.2. The van der Waals surface area contributed by atoms with Crippen LogP contribution in [0, 0.1) is 6.92 Å². The second-order valence-electron chi connectivity index (χ2n) is 7.52. The van der Waals surface area contributed by atoms with Crippen molar-refractivity contribution in [3.63, 3.8) is 0 Å². The number of allylic oxidation sites excluding steroid dienone is 1. The van der Waals surface area contributed by atoms with E-state index in [0.717, 1.165) is 27.7 Å². The zero-order valence-electron chi connectivity index (χ0n) is 18.2. The van der Waals surface area contributed by atoms with E-state index in [0.29, 0.717) is 17.8 Å². The Hall–Kier alpha value is -3.39. The van der Waals surface area contributed by atoms with Gasteiger partial charge in [-0.2, -0.15) is 0 Å². The predicted molar refractivity (Wildman–Crippen MR) is 124 cm³/mol. The molecule has 1 unspecified atom stereocenters. The molecule has 0 saturated carbocycles. The van der Waals surface area contributed by atoms with Gasteiger partial charge in [0.15, 0.2) is 5.17 Å². The highest BCUT2D eigenvalue weighted by atomic mass is 32.2. The highest BCUT2D eigenvalue weighted by molar-refractivity contribution is 8.16. The highest BCUT2D eigenvalue weighted by Crippen LogP contribution is 2.45. The van der Waals surface area contributed by atoms with Crippen LogP contribution in [0.15, 0.2) is 76.0 Å². The number of carbonyl (C=O) groups excluding carboxylic acids is 2. The number of amidine groups is 1. The van der Waals surface area contributed by atoms with Crippen LogP contribution in [0.25, 0.3) is 0 Å². The normalized spacial score (nSPS) is 17.5. The van der Waals surface area contributed by atoms with Crippen molar-refractivity contribution >= 4 is 28.8 Å². The van der Waals surface area contributed by atoms with Crippen molar-refractivity contribution in [3.05, 3.63) is 87.9 Å². The van der Waals surface area contributed by atoms with Crippen LogP contribution < -0.4 is 5.32 Å². The number of rotatable bonds is 6. The van der Waals surface area contributed by atoms with Crippen molar-refractivity contribution < 1.29 is 14.3 Å². The number of amides is 1. The van der Waals surface area contributed by atoms with Crippen LogP contribution in [-0.4, -0.2) is 34.0 Å². The van der Waals surface area contributed by atoms with E-state index in [9.17, 15) is 9.59 Å². The standard InChI is InChI=1S/C24H24N4O3S/c1-15-8-4-5-10-19(15)22-21(23(30)31-3)16(2)27-24-28(22)18(14-32-24)12-20(29)26-13-17-9-6-7-11-25-17/h4-11,14,22H,12-13H2,1-3H3,(H,26,29). The Morgan fingerprint density at radius 1 is 1.16 bits per heavy atom. The number of fused-ring (bicyclic) bond motifs is 1. The Balaban J connectivity index is 1.62. The molecule has 164 valence electrons. The molecule has 2 aliphatic rings. The largest absolute Gasteiger partial charge is 0.466 e. The number of carbonyl (C=O) groups is 2. The highest BCUT2D eigenvalue weighted by Gasteiger charge is 2.41. The summed E-state index contributed by atoms with van der Waals surface area (Å²) in [4.78, 5) is 36.4. The van der Waals surface area contributed by atoms with Crippen molar-refractivity contribution in [1.82, 2.24) is 15.2 Å². The quantitative estimate of drug-likeness (QED) is 0.676. The zero-order chi connectivity index (χ0) is 22.7. The molecule has 3 heterocycles. The van der Waals surface area contributed by atoms with Crippen LogP contribution >= 0.6 is 11.8 Å². The van der Waals surface area contributed by atoms with Gasteiger partial charge in [-0.1, -0.05) is 42.1 Å². The number of nitrogens with one attached hydrogen (secondary N) is 1. The zero-order valence-corrected chi connectivity index (χ0v) is 19.0. The summed E-state index contributed by atoms with van der Waals surface area (Å²) in [6.07, 6.45) is 1.86. The van der Waals surface area contributed by atoms with Gasteiger partial charge in [0.25, 0.3) is 0 Å². The molecule has 8 heteroatoms. The monoisotopic (exact) mass is 448 g/mol. The lowest BCUT2D eigenvalue weighted by atomic mass is 9.91. The first-order chi connectivity index (χ1) is 15.5. The molecule has 1 amide bonds. The third kappa shape index (κ3) is 4.31. The number of aryl methyl sites for hydroxylation is 1. The van der Waals surface area contributed by atoms with Crippen molar-refractivity contribution in [3.8, 4) is 0 Å². The van der Waals surface area contributed by atoms with Gasteiger partial charge in [-0.25, -0.2) is 9.79 Å². The maximum atomic E-state index is 12.8. The Morgan fingerprint density at radius 3 is 2.66 bits per heavy atom. The SMILES string of the molecule is COC(=O)C1=C(C)N=C2SC=C(CC(=O)NCc3ccccn3)N2C1c1ccccc1C. The number of methoxy groups -OCH3 is 1. The number of pyridine rings is 1. The summed E-state index contributed by atoms with van der Waals surface area (Å²) in [6, 6.07) is 13.1. The van der Waals surface area contributed by atoms with E-state index in [1.165, 1.54) is 18.9 Å². The lowest BCUT2D eigenvalue weighted by Gasteiger charge is -2.36. The summed E-state index contributed by atoms with van der Waals surface area (Å²) in [6.45, 7) is 4.19. The molecule has 0 radical (unpaired) electrons. The van der Waals surface area contributed by atoms with Gasteiger partial charge in [0.2, 0.25) is 5.91 Å². The van der Waals surface area contributed by atoms with E-state index in [1.807, 2.05) is 66.6 Å². The van der Waals surface area contributed by atoms with Gasteiger partial charge in [0.05, 0.1) is 43.1 Å². The second-order valence-corrected chi connectivity index (χ2v) is 8.35. The van der Waals surface area contributed by atoms with Gasteiger partial charge in [-0.05, 0) is 42.5 Å². The Labute approximate surface area is 191 Å². The third-order valence-electron chi connectivity index (χ3n) is 5.42. The summed E-state index contributed by atoms with van der Waals surface area (Å²) in [5, 5.41) is 5.59. The molecular formula is C24H24N4O3S. The lowest BCUT2D eigenvalue weighted by molar-refractivity contribution is -0.136. The molecule has 1 N–H and O–H groups in total. The molecule has 0 saturated heterocycles. The minimum Gasteiger partial charge on any atom is -0.466 e. The average Bonchev–Trinajstić information content (AvgIpc) is 3.19. The molecular weight excluding hydrogens is 424 g/mol. The number of hydrogen-bond acceptors (Lipinski definition) is 7. The smallest absolute Gasteiger partial charge is 0.338 e. The number of esters is 1. The number of ether oxygens (including phenoxy) is 1. The minimum absolute atomic E-state index is 0.127. The van der Waals surface area contributed by atoms with Gasteiger partial charge in [-0.15, -0.1) is 0 Å². The van der Waals surface area contributed by atoms with E-state index in [-0.39, 0.29) is 12.3 Å². The van der Waals surface area contributed by atoms with E-state index >= 15 is 0 Å². The van der Waals surface area contributed by atoms with Gasteiger partial charge in [0, 0.05) is 11.9 Å². The third-order valence-corrected chi connectivity index (χ3v) is 6.31. The molecule has 32 heavy (non-hydrogen) atoms. The Bertz CT molecular complexity index is 1140. The summed E-state index contributed by atoms with van der Waals surface area (Å²) in [5.41, 5.74) is 4.70. The van der Waals surface area contributed by atoms with Crippen LogP contribution in [0.5, 0.6) is 0 Å². The fourth-order valence-electron chi connectivity index (χ4n) is 3.85. The number of benzene rings is 1. The summed E-state index contributed by atoms with van der Waals surface area (Å²) in [7, 11) is 1.37. The topological polar surface area (TPSA) is 83.9 Å². The number of aliphatic imine (C=N–C) groups is 1. The number of thioether (sulfide) groups is 1. The van der Waals surface area contributed by atoms with Crippen LogP contribution in [0.1, 0.15) is 36.2 Å². The van der Waals surface area contributed by atoms with E-state index < -0.39 is 12.0 Å². The minimum atomic E-state index is -0.422. The average molecular weight is 449 g/mol. The molecule has 1 aromatic heterocycles. The lowest BCUT2D eigenvalue weighted by Crippen LogP contribution is -2.38. The van der Waals surface area contributed by atoms with Gasteiger partial charge in [-0.3, -0.25) is 9.78 Å². The second kappa shape index (κ2) is 9.40. The predicted octanol–water partition coefficient (Wildman–Crippen LogP) is 3.84. The van der Waals surface area contributed by atoms with Crippen LogP contribution in [0.4, 0.5) is 0 Å². The summed E-state index contributed by atoms with van der Waals surface area (Å²) < 4.78 is 5.10. The molecule has 4 rings (SSSR count). The molecule has 7 nitrogen and oxygen atoms in total. The van der Waals surface area contributed by atoms with Gasteiger partial charge >= 0.3 is 5.97 Å². The van der Waals surface area contributed by atoms with E-state index in [2.05, 4.69) is 15.3 Å². The van der Waals surface area contributed by atoms with Crippen molar-refractivity contribution in [2.45, 2.75) is 32.9 Å². The number of nitrogens with zero attached hydrogens (tertiary/aromatic N) is 3. The van der Waals surface area contributed by atoms with Gasteiger partial charge in [0.1, 0.15) is 0 Å². The van der Waals surface area contributed by atoms with Crippen LogP contribution in [-0.2, 0) is 20.9 Å². The fourth-order valence-corrected chi connectivity index (χ4v) is 4.81. The molecule has 2 aromatic rings. The summed E-state index contributed by atoms with van der Waals surface area (Å²) >= 11 is 1.46. The maximum Gasteiger partial charge on any atom is 0.338 e. The van der Waals surface area contributed by atoms with E-state index in [1.54, 1.807) is 6.20 Å². The number of aromatic nitrogens is 1. The maximum absolute atomic E-state index is 12.8. The van der Waals surface area contributed by atoms with Crippen molar-refractivity contribution in [2.75, 3.05) is 7.11 Å². The fraction of sp³-hybridized carbons (Fsp3) is 0.250. The molecule has 1 aromatic carbocycles. The molecule has 0 spiro atoms. The first kappa shape index (κ1) is 21.8. The molecule has 0 bridgehead atoms. The molecule has 2 aliphatic heterocycles. The Morgan fingerprint density at radius 2 is 1.94 bits per heavy atom. The number of hydrogen-bond donors (Lipinski definition) is 1. The molecule has 0 fully saturated rings. The van der Waals surface area contributed by atoms with Crippen molar-refractivity contribution in [1.29, 1.82) is 0 Å². The van der Waals surface area contributed by atoms with Crippen LogP contribution in [0.2, 0.25) is 0 Å². The molecule has 0 aliphatic carbocycles. The van der Waals surface area contributed by atoms with Crippen molar-refractivity contribution in [2.24, 2.45) is 4.99 Å². The van der Waals surface area contributed by atoms with Gasteiger partial charge < -0.3 is 15.0 Å². The van der Waals surface area contributed by atoms with E-state index in [4.69, 9.17) is 4.74 Å². The molecule has 1 atom stereocenters. The first-order valence-corrected chi connectivity index (χ1v) is 11.1. The van der Waals surface area contributed by atoms with Crippen LogP contribution in [0.3, 0.4) is 0 Å². The summed E-state index contributed by atoms with van der Waals surface area (Å²) in [5.74, 6) is -0.549.